The highest BCUT2D eigenvalue weighted by Crippen LogP contribution is 2.29. The van der Waals surface area contributed by atoms with Crippen LogP contribution >= 0.6 is 0 Å². The second-order valence-corrected chi connectivity index (χ2v) is 15.4. The number of anilines is 1. The molecule has 0 heterocycles. The van der Waals surface area contributed by atoms with Gasteiger partial charge in [0.25, 0.3) is 0 Å². The Morgan fingerprint density at radius 2 is 1.49 bits per heavy atom. The molecule has 0 aliphatic heterocycles. The first kappa shape index (κ1) is 37.9. The molecule has 0 unspecified atom stereocenters. The average Bonchev–Trinajstić information content (AvgIpc) is 3.06. The number of hydrogen-bond acceptors (Lipinski definition) is 5. The molecule has 6 N–H and O–H groups in total. The van der Waals surface area contributed by atoms with Gasteiger partial charge in [0.2, 0.25) is 10.0 Å². The zero-order valence-electron chi connectivity index (χ0n) is 29.6. The Bertz CT molecular complexity index is 1690. The van der Waals surface area contributed by atoms with Crippen LogP contribution in [0.1, 0.15) is 74.0 Å². The Balaban J connectivity index is 1.25. The van der Waals surface area contributed by atoms with Crippen molar-refractivity contribution in [1.82, 2.24) is 0 Å². The number of quaternary nitrogens is 2. The molecule has 0 aromatic heterocycles. The number of benzene rings is 4. The van der Waals surface area contributed by atoms with Gasteiger partial charge < -0.3 is 25.2 Å². The van der Waals surface area contributed by atoms with Gasteiger partial charge in [0.1, 0.15) is 24.1 Å². The Morgan fingerprint density at radius 1 is 0.796 bits per heavy atom. The Kier molecular flexibility index (Phi) is 14.1. The van der Waals surface area contributed by atoms with Crippen molar-refractivity contribution in [2.75, 3.05) is 37.2 Å². The first-order valence-corrected chi connectivity index (χ1v) is 19.3. The van der Waals surface area contributed by atoms with Crippen LogP contribution in [0.2, 0.25) is 0 Å². The molecule has 9 heteroatoms. The molecule has 0 aliphatic carbocycles. The predicted molar refractivity (Wildman–Crippen MR) is 198 cm³/mol. The highest BCUT2D eigenvalue weighted by molar-refractivity contribution is 7.92. The molecule has 4 aromatic carbocycles. The molecule has 0 amide bonds. The van der Waals surface area contributed by atoms with Crippen molar-refractivity contribution in [3.63, 3.8) is 0 Å². The van der Waals surface area contributed by atoms with Crippen LogP contribution in [0.3, 0.4) is 0 Å². The molecule has 0 saturated carbocycles. The van der Waals surface area contributed by atoms with Gasteiger partial charge in [-0.05, 0) is 79.8 Å². The van der Waals surface area contributed by atoms with Gasteiger partial charge in [-0.15, -0.1) is 0 Å². The molecular weight excluding hydrogens is 635 g/mol. The number of rotatable bonds is 19. The molecule has 264 valence electrons. The summed E-state index contributed by atoms with van der Waals surface area (Å²) < 4.78 is 31.5. The van der Waals surface area contributed by atoms with E-state index in [2.05, 4.69) is 99.1 Å². The lowest BCUT2D eigenvalue weighted by atomic mass is 9.87. The normalized spacial score (nSPS) is 13.2. The van der Waals surface area contributed by atoms with E-state index in [1.165, 1.54) is 34.4 Å². The van der Waals surface area contributed by atoms with Crippen LogP contribution in [0.5, 0.6) is 11.5 Å². The van der Waals surface area contributed by atoms with Gasteiger partial charge in [-0.3, -0.25) is 4.72 Å². The maximum absolute atomic E-state index is 11.5. The lowest BCUT2D eigenvalue weighted by Crippen LogP contribution is -3.17. The molecular formula is C40H55N3O5S+2. The molecule has 0 bridgehead atoms. The maximum atomic E-state index is 11.5. The minimum absolute atomic E-state index is 0.0538. The smallest absolute Gasteiger partial charge is 0.229 e. The molecule has 4 aromatic rings. The van der Waals surface area contributed by atoms with Crippen molar-refractivity contribution in [3.8, 4) is 11.5 Å². The van der Waals surface area contributed by atoms with Crippen molar-refractivity contribution in [3.05, 3.63) is 125 Å². The highest BCUT2D eigenvalue weighted by Gasteiger charge is 2.22. The van der Waals surface area contributed by atoms with Gasteiger partial charge in [-0.1, -0.05) is 72.8 Å². The standard InChI is InChI=1S/C40H53N3O5S/c1-29(2)43(30(3)4)24-21-37(33-11-7-6-8-12-33)34-13-9-10-32(26-34)22-25-48-36-17-14-31(15-18-36)20-23-41-28-40(45)35-16-19-39(44)38(27-35)42-49(5,46)47/h6-19,26-27,29-30,37,40-42,44-45H,20-25,28H2,1-5H3/p+2/t37-,40+/m1/s1. The molecule has 8 nitrogen and oxygen atoms in total. The van der Waals surface area contributed by atoms with E-state index in [1.807, 2.05) is 17.4 Å². The van der Waals surface area contributed by atoms with Crippen molar-refractivity contribution in [2.24, 2.45) is 0 Å². The number of nitrogens with one attached hydrogen (secondary N) is 2. The summed E-state index contributed by atoms with van der Waals surface area (Å²) in [6.07, 6.45) is 2.97. The summed E-state index contributed by atoms with van der Waals surface area (Å²) in [6, 6.07) is 33.7. The Hall–Kier alpha value is -3.89. The molecule has 0 radical (unpaired) electrons. The topological polar surface area (TPSA) is 117 Å². The van der Waals surface area contributed by atoms with E-state index in [0.717, 1.165) is 44.4 Å². The van der Waals surface area contributed by atoms with E-state index < -0.39 is 16.1 Å². The van der Waals surface area contributed by atoms with E-state index in [4.69, 9.17) is 4.74 Å². The summed E-state index contributed by atoms with van der Waals surface area (Å²) in [5.74, 6) is 1.01. The quantitative estimate of drug-likeness (QED) is 0.0738. The first-order chi connectivity index (χ1) is 23.4. The van der Waals surface area contributed by atoms with E-state index in [0.29, 0.717) is 36.7 Å². The monoisotopic (exact) mass is 689 g/mol. The lowest BCUT2D eigenvalue weighted by molar-refractivity contribution is -0.942. The van der Waals surface area contributed by atoms with Gasteiger partial charge in [-0.2, -0.15) is 0 Å². The second kappa shape index (κ2) is 18.2. The summed E-state index contributed by atoms with van der Waals surface area (Å²) in [7, 11) is -3.55. The maximum Gasteiger partial charge on any atom is 0.229 e. The van der Waals surface area contributed by atoms with E-state index >= 15 is 0 Å². The van der Waals surface area contributed by atoms with Crippen LogP contribution in [0.15, 0.2) is 97.1 Å². The molecule has 0 saturated heterocycles. The Morgan fingerprint density at radius 3 is 2.16 bits per heavy atom. The number of phenols is 1. The third-order valence-electron chi connectivity index (χ3n) is 9.07. The van der Waals surface area contributed by atoms with Gasteiger partial charge >= 0.3 is 0 Å². The fourth-order valence-corrected chi connectivity index (χ4v) is 7.06. The van der Waals surface area contributed by atoms with Crippen LogP contribution in [0.4, 0.5) is 5.69 Å². The first-order valence-electron chi connectivity index (χ1n) is 17.4. The number of aliphatic hydroxyl groups excluding tert-OH is 1. The highest BCUT2D eigenvalue weighted by atomic mass is 32.2. The number of ether oxygens (including phenoxy) is 1. The van der Waals surface area contributed by atoms with E-state index in [9.17, 15) is 18.6 Å². The molecule has 2 atom stereocenters. The van der Waals surface area contributed by atoms with E-state index in [-0.39, 0.29) is 11.4 Å². The number of hydrogen-bond donors (Lipinski definition) is 5. The molecule has 0 aliphatic rings. The summed E-state index contributed by atoms with van der Waals surface area (Å²) in [4.78, 5) is 1.64. The third kappa shape index (κ3) is 12.2. The molecule has 0 fully saturated rings. The largest absolute Gasteiger partial charge is 0.506 e. The number of nitrogens with two attached hydrogens (primary N) is 1. The molecule has 4 rings (SSSR count). The van der Waals surface area contributed by atoms with Crippen LogP contribution in [0.25, 0.3) is 0 Å². The van der Waals surface area contributed by atoms with Crippen molar-refractivity contribution < 1.29 is 33.6 Å². The average molecular weight is 690 g/mol. The van der Waals surface area contributed by atoms with Crippen LogP contribution < -0.4 is 19.7 Å². The zero-order valence-corrected chi connectivity index (χ0v) is 30.4. The van der Waals surface area contributed by atoms with Crippen LogP contribution in [-0.4, -0.2) is 63.2 Å². The fraction of sp³-hybridized carbons (Fsp3) is 0.400. The van der Waals surface area contributed by atoms with Crippen LogP contribution in [0, 0.1) is 0 Å². The van der Waals surface area contributed by atoms with E-state index in [1.54, 1.807) is 11.0 Å². The molecule has 0 spiro atoms. The summed E-state index contributed by atoms with van der Waals surface area (Å²) >= 11 is 0. The predicted octanol–water partition coefficient (Wildman–Crippen LogP) is 4.45. The number of sulfonamides is 1. The van der Waals surface area contributed by atoms with Gasteiger partial charge in [-0.25, -0.2) is 8.42 Å². The van der Waals surface area contributed by atoms with Crippen molar-refractivity contribution in [2.45, 2.75) is 71.1 Å². The summed E-state index contributed by atoms with van der Waals surface area (Å²) in [5, 5.41) is 22.6. The van der Waals surface area contributed by atoms with Gasteiger partial charge in [0, 0.05) is 25.2 Å². The number of aromatic hydroxyl groups is 1. The van der Waals surface area contributed by atoms with Crippen molar-refractivity contribution >= 4 is 15.7 Å². The zero-order chi connectivity index (χ0) is 35.4. The van der Waals surface area contributed by atoms with Gasteiger partial charge in [0.05, 0.1) is 43.7 Å². The van der Waals surface area contributed by atoms with Crippen LogP contribution in [-0.2, 0) is 22.9 Å². The SMILES string of the molecule is CC(C)[NH+](CC[C@H](c1ccccc1)c1cccc(CCOc2ccc(CC[NH2+]C[C@H](O)c3ccc(O)c(NS(C)(=O)=O)c3)cc2)c1)C(C)C. The minimum Gasteiger partial charge on any atom is -0.506 e. The fourth-order valence-electron chi connectivity index (χ4n) is 6.49. The third-order valence-corrected chi connectivity index (χ3v) is 9.66. The Labute approximate surface area is 293 Å². The number of phenolic OH excluding ortho intramolecular Hbond substituents is 1. The minimum atomic E-state index is -3.55. The summed E-state index contributed by atoms with van der Waals surface area (Å²) in [6.45, 7) is 12.2. The molecule has 49 heavy (non-hydrogen) atoms. The van der Waals surface area contributed by atoms with Crippen molar-refractivity contribution in [1.29, 1.82) is 0 Å². The second-order valence-electron chi connectivity index (χ2n) is 13.6. The summed E-state index contributed by atoms with van der Waals surface area (Å²) in [5.41, 5.74) is 5.77. The lowest BCUT2D eigenvalue weighted by Gasteiger charge is -2.29. The van der Waals surface area contributed by atoms with Gasteiger partial charge in [0.15, 0.2) is 0 Å². The number of aliphatic hydroxyl groups is 1.